The number of rotatable bonds is 1. The lowest BCUT2D eigenvalue weighted by Crippen LogP contribution is -1.98. The lowest BCUT2D eigenvalue weighted by Gasteiger charge is -2.14. The number of hydrogen-bond acceptors (Lipinski definition) is 0. The van der Waals surface area contributed by atoms with Gasteiger partial charge in [0.15, 0.2) is 0 Å². The first-order valence-corrected chi connectivity index (χ1v) is 9.77. The topological polar surface area (TPSA) is 4.93 Å². The predicted octanol–water partition coefficient (Wildman–Crippen LogP) is 6.87. The highest BCUT2D eigenvalue weighted by atomic mass is 15.0. The van der Waals surface area contributed by atoms with Gasteiger partial charge < -0.3 is 4.57 Å². The van der Waals surface area contributed by atoms with E-state index in [-0.39, 0.29) is 0 Å². The summed E-state index contributed by atoms with van der Waals surface area (Å²) in [6.07, 6.45) is 0.962. The zero-order valence-electron chi connectivity index (χ0n) is 15.5. The molecule has 1 aliphatic rings. The molecule has 28 heavy (non-hydrogen) atoms. The largest absolute Gasteiger partial charge is 0.309 e. The van der Waals surface area contributed by atoms with Crippen molar-refractivity contribution >= 4 is 10.9 Å². The Kier molecular flexibility index (Phi) is 3.30. The van der Waals surface area contributed by atoms with E-state index >= 15 is 0 Å². The number of benzene rings is 4. The summed E-state index contributed by atoms with van der Waals surface area (Å²) in [6.45, 7) is 0. The molecular weight excluding hydrogens is 338 g/mol. The van der Waals surface area contributed by atoms with Crippen LogP contribution in [0.3, 0.4) is 0 Å². The molecule has 1 nitrogen and oxygen atoms in total. The maximum absolute atomic E-state index is 2.44. The molecule has 1 aromatic heterocycles. The van der Waals surface area contributed by atoms with Crippen LogP contribution in [0.5, 0.6) is 0 Å². The molecule has 0 aliphatic heterocycles. The molecule has 4 aromatic carbocycles. The Morgan fingerprint density at radius 2 is 1.14 bits per heavy atom. The number of fused-ring (bicyclic) bond motifs is 7. The van der Waals surface area contributed by atoms with Crippen LogP contribution < -0.4 is 0 Å². The molecule has 0 N–H and O–H groups in total. The third-order valence-corrected chi connectivity index (χ3v) is 5.83. The molecule has 0 radical (unpaired) electrons. The lowest BCUT2D eigenvalue weighted by atomic mass is 9.97. The summed E-state index contributed by atoms with van der Waals surface area (Å²) in [6, 6.07) is 37.2. The van der Waals surface area contributed by atoms with Crippen LogP contribution in [0.15, 0.2) is 103 Å². The zero-order valence-corrected chi connectivity index (χ0v) is 15.5. The normalized spacial score (nSPS) is 12.1. The fraction of sp³-hybridized carbons (Fsp3) is 0.0370. The molecule has 0 unspecified atom stereocenters. The van der Waals surface area contributed by atoms with E-state index in [0.717, 1.165) is 6.42 Å². The Morgan fingerprint density at radius 1 is 0.536 bits per heavy atom. The van der Waals surface area contributed by atoms with Crippen LogP contribution in [0, 0.1) is 0 Å². The van der Waals surface area contributed by atoms with Crippen molar-refractivity contribution in [3.05, 3.63) is 114 Å². The highest BCUT2D eigenvalue weighted by Crippen LogP contribution is 2.47. The monoisotopic (exact) mass is 357 g/mol. The average Bonchev–Trinajstić information content (AvgIpc) is 3.02. The smallest absolute Gasteiger partial charge is 0.0622 e. The summed E-state index contributed by atoms with van der Waals surface area (Å²) in [5, 5.41) is 1.31. The molecule has 0 bridgehead atoms. The summed E-state index contributed by atoms with van der Waals surface area (Å²) in [5.41, 5.74) is 10.6. The standard InChI is InChI=1S/C27H19N/c1-2-12-21(13-3-1)28-25-17-9-8-16-24(25)26-22-14-6-4-10-19(22)18-20-11-5-7-15-23(20)27(26)28/h1-17H,18H2. The van der Waals surface area contributed by atoms with Crippen LogP contribution in [0.4, 0.5) is 0 Å². The summed E-state index contributed by atoms with van der Waals surface area (Å²) in [4.78, 5) is 0. The number of para-hydroxylation sites is 2. The van der Waals surface area contributed by atoms with Crippen molar-refractivity contribution in [2.45, 2.75) is 6.42 Å². The van der Waals surface area contributed by atoms with Crippen LogP contribution in [0.25, 0.3) is 39.0 Å². The Balaban J connectivity index is 1.87. The molecule has 132 valence electrons. The first-order chi connectivity index (χ1) is 13.9. The van der Waals surface area contributed by atoms with Gasteiger partial charge in [-0.25, -0.2) is 0 Å². The van der Waals surface area contributed by atoms with E-state index in [9.17, 15) is 0 Å². The van der Waals surface area contributed by atoms with Crippen LogP contribution in [-0.4, -0.2) is 4.57 Å². The Hall–Kier alpha value is -3.58. The van der Waals surface area contributed by atoms with Crippen molar-refractivity contribution in [2.24, 2.45) is 0 Å². The third kappa shape index (κ3) is 2.13. The van der Waals surface area contributed by atoms with Gasteiger partial charge in [0.25, 0.3) is 0 Å². The molecule has 0 saturated heterocycles. The average molecular weight is 357 g/mol. The van der Waals surface area contributed by atoms with E-state index in [1.54, 1.807) is 0 Å². The molecule has 0 amide bonds. The summed E-state index contributed by atoms with van der Waals surface area (Å²) in [7, 11) is 0. The second-order valence-corrected chi connectivity index (χ2v) is 7.40. The SMILES string of the molecule is c1ccc(-n2c3c(c4ccccc42)-c2ccccc2Cc2ccccc2-3)cc1. The summed E-state index contributed by atoms with van der Waals surface area (Å²) < 4.78 is 2.44. The van der Waals surface area contributed by atoms with E-state index in [1.165, 1.54) is 50.1 Å². The maximum atomic E-state index is 2.44. The predicted molar refractivity (Wildman–Crippen MR) is 117 cm³/mol. The van der Waals surface area contributed by atoms with Crippen molar-refractivity contribution in [3.63, 3.8) is 0 Å². The highest BCUT2D eigenvalue weighted by Gasteiger charge is 2.26. The zero-order chi connectivity index (χ0) is 18.5. The van der Waals surface area contributed by atoms with Crippen LogP contribution in [-0.2, 0) is 6.42 Å². The van der Waals surface area contributed by atoms with Gasteiger partial charge in [-0.2, -0.15) is 0 Å². The van der Waals surface area contributed by atoms with Crippen molar-refractivity contribution in [1.82, 2.24) is 4.57 Å². The molecule has 0 saturated carbocycles. The Morgan fingerprint density at radius 3 is 1.96 bits per heavy atom. The van der Waals surface area contributed by atoms with Gasteiger partial charge in [0.2, 0.25) is 0 Å². The molecule has 0 atom stereocenters. The molecule has 6 rings (SSSR count). The molecule has 1 aliphatic carbocycles. The quantitative estimate of drug-likeness (QED) is 0.303. The molecule has 5 aromatic rings. The van der Waals surface area contributed by atoms with E-state index in [2.05, 4.69) is 108 Å². The van der Waals surface area contributed by atoms with Crippen molar-refractivity contribution in [3.8, 4) is 28.1 Å². The number of nitrogens with zero attached hydrogens (tertiary/aromatic N) is 1. The van der Waals surface area contributed by atoms with Gasteiger partial charge in [-0.15, -0.1) is 0 Å². The van der Waals surface area contributed by atoms with E-state index < -0.39 is 0 Å². The molecule has 1 heterocycles. The fourth-order valence-corrected chi connectivity index (χ4v) is 4.64. The van der Waals surface area contributed by atoms with Gasteiger partial charge >= 0.3 is 0 Å². The number of aromatic nitrogens is 1. The summed E-state index contributed by atoms with van der Waals surface area (Å²) >= 11 is 0. The summed E-state index contributed by atoms with van der Waals surface area (Å²) in [5.74, 6) is 0. The molecule has 1 heteroatoms. The minimum absolute atomic E-state index is 0.962. The Labute approximate surface area is 164 Å². The first kappa shape index (κ1) is 15.5. The molecule has 0 fully saturated rings. The van der Waals surface area contributed by atoms with Gasteiger partial charge in [0.05, 0.1) is 11.2 Å². The molecule has 0 spiro atoms. The third-order valence-electron chi connectivity index (χ3n) is 5.83. The van der Waals surface area contributed by atoms with Crippen molar-refractivity contribution in [1.29, 1.82) is 0 Å². The van der Waals surface area contributed by atoms with Gasteiger partial charge in [-0.05, 0) is 41.3 Å². The highest BCUT2D eigenvalue weighted by molar-refractivity contribution is 6.07. The first-order valence-electron chi connectivity index (χ1n) is 9.77. The van der Waals surface area contributed by atoms with Gasteiger partial charge in [0.1, 0.15) is 0 Å². The van der Waals surface area contributed by atoms with Crippen LogP contribution in [0.1, 0.15) is 11.1 Å². The van der Waals surface area contributed by atoms with Crippen molar-refractivity contribution < 1.29 is 0 Å². The fourth-order valence-electron chi connectivity index (χ4n) is 4.64. The minimum atomic E-state index is 0.962. The van der Waals surface area contributed by atoms with Gasteiger partial charge in [-0.3, -0.25) is 0 Å². The van der Waals surface area contributed by atoms with Gasteiger partial charge in [0, 0.05) is 22.2 Å². The lowest BCUT2D eigenvalue weighted by molar-refractivity contribution is 1.13. The maximum Gasteiger partial charge on any atom is 0.0622 e. The van der Waals surface area contributed by atoms with Crippen molar-refractivity contribution in [2.75, 3.05) is 0 Å². The van der Waals surface area contributed by atoms with E-state index in [4.69, 9.17) is 0 Å². The van der Waals surface area contributed by atoms with Crippen LogP contribution in [0.2, 0.25) is 0 Å². The van der Waals surface area contributed by atoms with Crippen LogP contribution >= 0.6 is 0 Å². The van der Waals surface area contributed by atoms with E-state index in [1.807, 2.05) is 0 Å². The Bertz CT molecular complexity index is 1330. The number of hydrogen-bond donors (Lipinski definition) is 0. The molecular formula is C27H19N. The second-order valence-electron chi connectivity index (χ2n) is 7.40. The van der Waals surface area contributed by atoms with E-state index in [0.29, 0.717) is 0 Å². The second kappa shape index (κ2) is 5.97. The van der Waals surface area contributed by atoms with Gasteiger partial charge in [-0.1, -0.05) is 84.9 Å². The minimum Gasteiger partial charge on any atom is -0.309 e.